The lowest BCUT2D eigenvalue weighted by molar-refractivity contribution is 0.273. The predicted molar refractivity (Wildman–Crippen MR) is 79.1 cm³/mol. The molecule has 1 rings (SSSR count). The van der Waals surface area contributed by atoms with Gasteiger partial charge in [0.15, 0.2) is 5.96 Å². The maximum atomic E-state index is 10.9. The summed E-state index contributed by atoms with van der Waals surface area (Å²) in [7, 11) is -2.89. The molecule has 6 nitrogen and oxygen atoms in total. The Bertz CT molecular complexity index is 395. The second-order valence-electron chi connectivity index (χ2n) is 5.06. The number of hydrogen-bond donors (Lipinski definition) is 2. The predicted octanol–water partition coefficient (Wildman–Crippen LogP) is -0.190. The Kier molecular flexibility index (Phi) is 6.57. The highest BCUT2D eigenvalue weighted by atomic mass is 32.2. The minimum atomic E-state index is -2.89. The highest BCUT2D eigenvalue weighted by Gasteiger charge is 2.22. The zero-order chi connectivity index (χ0) is 14.3. The standard InChI is InChI=1S/C12H26N4O2S/c1-3-16-8-4-6-11(16)10-15-12(13)14-7-5-9-19(2,17)18/h11H,3-10H2,1-2H3,(H3,13,14,15). The molecule has 0 aromatic carbocycles. The summed E-state index contributed by atoms with van der Waals surface area (Å²) >= 11 is 0. The van der Waals surface area contributed by atoms with E-state index >= 15 is 0 Å². The van der Waals surface area contributed by atoms with Gasteiger partial charge in [0.1, 0.15) is 9.84 Å². The average Bonchev–Trinajstić information content (AvgIpc) is 2.78. The van der Waals surface area contributed by atoms with Crippen LogP contribution in [0.25, 0.3) is 0 Å². The number of sulfone groups is 1. The van der Waals surface area contributed by atoms with E-state index in [2.05, 4.69) is 22.1 Å². The number of likely N-dealkylation sites (tertiary alicyclic amines) is 1. The number of guanidine groups is 1. The van der Waals surface area contributed by atoms with E-state index in [9.17, 15) is 8.42 Å². The Morgan fingerprint density at radius 2 is 2.26 bits per heavy atom. The van der Waals surface area contributed by atoms with Crippen LogP contribution in [0, 0.1) is 0 Å². The van der Waals surface area contributed by atoms with Crippen molar-refractivity contribution >= 4 is 15.8 Å². The quantitative estimate of drug-likeness (QED) is 0.385. The van der Waals surface area contributed by atoms with Crippen LogP contribution in [0.1, 0.15) is 26.2 Å². The van der Waals surface area contributed by atoms with Crippen LogP contribution in [-0.2, 0) is 9.84 Å². The maximum Gasteiger partial charge on any atom is 0.188 e. The molecule has 1 heterocycles. The van der Waals surface area contributed by atoms with Crippen LogP contribution in [0.15, 0.2) is 4.99 Å². The number of nitrogens with zero attached hydrogens (tertiary/aromatic N) is 2. The molecule has 112 valence electrons. The zero-order valence-corrected chi connectivity index (χ0v) is 12.7. The van der Waals surface area contributed by atoms with Gasteiger partial charge < -0.3 is 11.1 Å². The van der Waals surface area contributed by atoms with Gasteiger partial charge in [0.2, 0.25) is 0 Å². The third-order valence-corrected chi connectivity index (χ3v) is 4.41. The Hall–Kier alpha value is -0.820. The van der Waals surface area contributed by atoms with Gasteiger partial charge in [-0.05, 0) is 32.4 Å². The topological polar surface area (TPSA) is 87.8 Å². The molecule has 0 saturated carbocycles. The Morgan fingerprint density at radius 3 is 2.89 bits per heavy atom. The molecule has 1 aliphatic rings. The Balaban J connectivity index is 2.22. The lowest BCUT2D eigenvalue weighted by Crippen LogP contribution is -2.36. The molecular weight excluding hydrogens is 264 g/mol. The van der Waals surface area contributed by atoms with Crippen LogP contribution in [0.3, 0.4) is 0 Å². The molecule has 0 aliphatic carbocycles. The molecule has 19 heavy (non-hydrogen) atoms. The van der Waals surface area contributed by atoms with Crippen molar-refractivity contribution in [3.8, 4) is 0 Å². The largest absolute Gasteiger partial charge is 0.370 e. The summed E-state index contributed by atoms with van der Waals surface area (Å²) in [5.41, 5.74) is 5.76. The van der Waals surface area contributed by atoms with E-state index in [4.69, 9.17) is 5.73 Å². The van der Waals surface area contributed by atoms with E-state index in [-0.39, 0.29) is 5.75 Å². The molecule has 1 atom stereocenters. The van der Waals surface area contributed by atoms with Gasteiger partial charge in [0, 0.05) is 18.8 Å². The first-order valence-electron chi connectivity index (χ1n) is 6.88. The van der Waals surface area contributed by atoms with Gasteiger partial charge in [-0.1, -0.05) is 6.92 Å². The van der Waals surface area contributed by atoms with Crippen molar-refractivity contribution in [3.05, 3.63) is 0 Å². The van der Waals surface area contributed by atoms with Crippen molar-refractivity contribution in [2.24, 2.45) is 10.7 Å². The molecule has 0 aromatic heterocycles. The number of nitrogens with one attached hydrogen (secondary N) is 1. The van der Waals surface area contributed by atoms with Crippen molar-refractivity contribution in [2.45, 2.75) is 32.2 Å². The van der Waals surface area contributed by atoms with Gasteiger partial charge in [-0.25, -0.2) is 8.42 Å². The molecule has 1 saturated heterocycles. The zero-order valence-electron chi connectivity index (χ0n) is 11.9. The minimum absolute atomic E-state index is 0.180. The van der Waals surface area contributed by atoms with Gasteiger partial charge in [0.05, 0.1) is 12.3 Å². The molecular formula is C12H26N4O2S. The number of nitrogens with two attached hydrogens (primary N) is 1. The van der Waals surface area contributed by atoms with Crippen molar-refractivity contribution < 1.29 is 8.42 Å². The Labute approximate surface area is 116 Å². The van der Waals surface area contributed by atoms with E-state index in [1.165, 1.54) is 19.1 Å². The van der Waals surface area contributed by atoms with E-state index in [1.807, 2.05) is 0 Å². The second-order valence-corrected chi connectivity index (χ2v) is 7.32. The van der Waals surface area contributed by atoms with E-state index in [0.717, 1.165) is 19.6 Å². The van der Waals surface area contributed by atoms with E-state index in [0.29, 0.717) is 25.0 Å². The molecule has 7 heteroatoms. The second kappa shape index (κ2) is 7.69. The van der Waals surface area contributed by atoms with Crippen molar-refractivity contribution in [3.63, 3.8) is 0 Å². The summed E-state index contributed by atoms with van der Waals surface area (Å²) in [5, 5.41) is 2.96. The summed E-state index contributed by atoms with van der Waals surface area (Å²) in [6.45, 7) is 5.64. The third kappa shape index (κ3) is 6.77. The summed E-state index contributed by atoms with van der Waals surface area (Å²) < 4.78 is 21.9. The first kappa shape index (κ1) is 16.2. The molecule has 3 N–H and O–H groups in total. The smallest absolute Gasteiger partial charge is 0.188 e. The number of aliphatic imine (C=N–C) groups is 1. The summed E-state index contributed by atoms with van der Waals surface area (Å²) in [6.07, 6.45) is 4.21. The summed E-state index contributed by atoms with van der Waals surface area (Å²) in [6, 6.07) is 0.501. The molecule has 1 aliphatic heterocycles. The fraction of sp³-hybridized carbons (Fsp3) is 0.917. The van der Waals surface area contributed by atoms with Gasteiger partial charge in [-0.2, -0.15) is 0 Å². The van der Waals surface area contributed by atoms with Gasteiger partial charge in [-0.3, -0.25) is 9.89 Å². The number of likely N-dealkylation sites (N-methyl/N-ethyl adjacent to an activating group) is 1. The number of hydrogen-bond acceptors (Lipinski definition) is 4. The fourth-order valence-corrected chi connectivity index (χ4v) is 3.00. The lowest BCUT2D eigenvalue weighted by Gasteiger charge is -2.20. The monoisotopic (exact) mass is 290 g/mol. The third-order valence-electron chi connectivity index (χ3n) is 3.38. The van der Waals surface area contributed by atoms with Gasteiger partial charge >= 0.3 is 0 Å². The van der Waals surface area contributed by atoms with Crippen LogP contribution in [0.2, 0.25) is 0 Å². The lowest BCUT2D eigenvalue weighted by atomic mass is 10.2. The average molecular weight is 290 g/mol. The highest BCUT2D eigenvalue weighted by Crippen LogP contribution is 2.16. The van der Waals surface area contributed by atoms with Crippen LogP contribution in [0.4, 0.5) is 0 Å². The molecule has 1 unspecified atom stereocenters. The fourth-order valence-electron chi connectivity index (χ4n) is 2.33. The number of rotatable bonds is 7. The van der Waals surface area contributed by atoms with Crippen LogP contribution in [-0.4, -0.2) is 63.5 Å². The van der Waals surface area contributed by atoms with Crippen LogP contribution < -0.4 is 11.1 Å². The van der Waals surface area contributed by atoms with Crippen LogP contribution in [0.5, 0.6) is 0 Å². The molecule has 0 aromatic rings. The molecule has 0 radical (unpaired) electrons. The van der Waals surface area contributed by atoms with Crippen molar-refractivity contribution in [1.82, 2.24) is 10.2 Å². The molecule has 0 spiro atoms. The van der Waals surface area contributed by atoms with Gasteiger partial charge in [-0.15, -0.1) is 0 Å². The highest BCUT2D eigenvalue weighted by molar-refractivity contribution is 7.90. The molecule has 0 amide bonds. The summed E-state index contributed by atoms with van der Waals surface area (Å²) in [5.74, 6) is 0.593. The van der Waals surface area contributed by atoms with Crippen molar-refractivity contribution in [1.29, 1.82) is 0 Å². The Morgan fingerprint density at radius 1 is 1.53 bits per heavy atom. The summed E-state index contributed by atoms with van der Waals surface area (Å²) in [4.78, 5) is 6.75. The molecule has 1 fully saturated rings. The minimum Gasteiger partial charge on any atom is -0.370 e. The molecule has 0 bridgehead atoms. The first-order valence-corrected chi connectivity index (χ1v) is 8.94. The van der Waals surface area contributed by atoms with E-state index in [1.54, 1.807) is 0 Å². The normalized spacial score (nSPS) is 21.8. The van der Waals surface area contributed by atoms with Gasteiger partial charge in [0.25, 0.3) is 0 Å². The first-order chi connectivity index (χ1) is 8.92. The SMILES string of the molecule is CCN1CCCC1CN=C(N)NCCCS(C)(=O)=O. The van der Waals surface area contributed by atoms with Crippen LogP contribution >= 0.6 is 0 Å². The maximum absolute atomic E-state index is 10.9. The van der Waals surface area contributed by atoms with E-state index < -0.39 is 9.84 Å². The van der Waals surface area contributed by atoms with Crippen molar-refractivity contribution in [2.75, 3.05) is 38.2 Å².